The molecule has 1 heterocycles. The van der Waals surface area contributed by atoms with Gasteiger partial charge in [-0.25, -0.2) is 0 Å². The summed E-state index contributed by atoms with van der Waals surface area (Å²) in [7, 11) is 2.25. The predicted octanol–water partition coefficient (Wildman–Crippen LogP) is 0.544. The molecule has 0 aromatic rings. The van der Waals surface area contributed by atoms with Crippen LogP contribution in [0.15, 0.2) is 12.7 Å². The van der Waals surface area contributed by atoms with Gasteiger partial charge in [0, 0.05) is 13.0 Å². The third-order valence-electron chi connectivity index (χ3n) is 3.17. The topological polar surface area (TPSA) is 41.6 Å². The van der Waals surface area contributed by atoms with Gasteiger partial charge in [-0.15, -0.1) is 0 Å². The maximum absolute atomic E-state index is 10.9. The zero-order valence-electron chi connectivity index (χ0n) is 10.4. The van der Waals surface area contributed by atoms with Gasteiger partial charge in [0.15, 0.2) is 0 Å². The summed E-state index contributed by atoms with van der Waals surface area (Å²) in [5.41, 5.74) is 0. The van der Waals surface area contributed by atoms with Crippen molar-refractivity contribution < 1.29 is 14.0 Å². The van der Waals surface area contributed by atoms with Gasteiger partial charge in [-0.1, -0.05) is 6.58 Å². The predicted molar refractivity (Wildman–Crippen MR) is 64.0 cm³/mol. The van der Waals surface area contributed by atoms with Crippen LogP contribution < -0.4 is 5.32 Å². The van der Waals surface area contributed by atoms with Gasteiger partial charge in [-0.3, -0.25) is 4.79 Å². The fourth-order valence-electron chi connectivity index (χ4n) is 1.79. The Labute approximate surface area is 97.9 Å². The Kier molecular flexibility index (Phi) is 4.96. The molecule has 92 valence electrons. The number of quaternary nitrogens is 1. The third kappa shape index (κ3) is 4.77. The van der Waals surface area contributed by atoms with Crippen LogP contribution in [0.4, 0.5) is 0 Å². The highest BCUT2D eigenvalue weighted by molar-refractivity contribution is 5.86. The number of hydrogen-bond donors (Lipinski definition) is 1. The van der Waals surface area contributed by atoms with Gasteiger partial charge in [-0.05, 0) is 13.0 Å². The maximum atomic E-state index is 10.9. The molecule has 1 aliphatic heterocycles. The average Bonchev–Trinajstić information content (AvgIpc) is 3.08. The molecule has 0 radical (unpaired) electrons. The lowest BCUT2D eigenvalue weighted by Gasteiger charge is -2.33. The molecule has 1 fully saturated rings. The fraction of sp³-hybridized carbons (Fsp3) is 0.750. The van der Waals surface area contributed by atoms with Crippen LogP contribution in [0.2, 0.25) is 0 Å². The largest absolute Gasteiger partial charge is 0.367 e. The fourth-order valence-corrected chi connectivity index (χ4v) is 1.79. The van der Waals surface area contributed by atoms with Crippen LogP contribution >= 0.6 is 0 Å². The van der Waals surface area contributed by atoms with Crippen molar-refractivity contribution in [3.8, 4) is 0 Å². The number of ether oxygens (including phenoxy) is 1. The summed E-state index contributed by atoms with van der Waals surface area (Å²) < 4.78 is 6.29. The highest BCUT2D eigenvalue weighted by atomic mass is 16.6. The molecule has 0 aromatic carbocycles. The van der Waals surface area contributed by atoms with E-state index in [1.165, 1.54) is 6.08 Å². The monoisotopic (exact) mass is 227 g/mol. The van der Waals surface area contributed by atoms with E-state index in [1.54, 1.807) is 0 Å². The Bertz CT molecular complexity index is 251. The molecule has 4 nitrogen and oxygen atoms in total. The Morgan fingerprint density at radius 1 is 1.69 bits per heavy atom. The number of epoxide rings is 1. The van der Waals surface area contributed by atoms with E-state index in [-0.39, 0.29) is 5.91 Å². The molecular weight excluding hydrogens is 204 g/mol. The highest BCUT2D eigenvalue weighted by Crippen LogP contribution is 2.15. The van der Waals surface area contributed by atoms with Crippen LogP contribution in [0.3, 0.4) is 0 Å². The van der Waals surface area contributed by atoms with Crippen molar-refractivity contribution in [2.24, 2.45) is 0 Å². The van der Waals surface area contributed by atoms with E-state index in [0.717, 1.165) is 43.7 Å². The molecule has 1 N–H and O–H groups in total. The second-order valence-corrected chi connectivity index (χ2v) is 4.65. The highest BCUT2D eigenvalue weighted by Gasteiger charge is 2.32. The molecule has 16 heavy (non-hydrogen) atoms. The van der Waals surface area contributed by atoms with E-state index in [4.69, 9.17) is 4.74 Å². The van der Waals surface area contributed by atoms with Crippen LogP contribution in [0.1, 0.15) is 13.3 Å². The van der Waals surface area contributed by atoms with Crippen molar-refractivity contribution in [1.29, 1.82) is 0 Å². The SMILES string of the molecule is C=CC(=O)NCCC[N+](C)(CC)CC1CO1. The van der Waals surface area contributed by atoms with Gasteiger partial charge in [0.05, 0.1) is 26.7 Å². The minimum atomic E-state index is -0.0868. The summed E-state index contributed by atoms with van der Waals surface area (Å²) >= 11 is 0. The normalized spacial score (nSPS) is 22.2. The number of amides is 1. The van der Waals surface area contributed by atoms with Crippen molar-refractivity contribution in [2.45, 2.75) is 19.4 Å². The van der Waals surface area contributed by atoms with Crippen molar-refractivity contribution >= 4 is 5.91 Å². The van der Waals surface area contributed by atoms with E-state index in [1.807, 2.05) is 0 Å². The van der Waals surface area contributed by atoms with Gasteiger partial charge in [0.2, 0.25) is 5.91 Å². The molecule has 0 spiro atoms. The van der Waals surface area contributed by atoms with Crippen molar-refractivity contribution in [3.63, 3.8) is 0 Å². The Balaban J connectivity index is 2.16. The van der Waals surface area contributed by atoms with E-state index < -0.39 is 0 Å². The molecule has 0 aromatic heterocycles. The Morgan fingerprint density at radius 2 is 2.38 bits per heavy atom. The number of hydrogen-bond acceptors (Lipinski definition) is 2. The number of likely N-dealkylation sites (N-methyl/N-ethyl adjacent to an activating group) is 1. The standard InChI is InChI=1S/C12H22N2O2/c1-4-12(15)13-7-6-8-14(3,5-2)9-11-10-16-11/h4,11H,1,5-10H2,2-3H3/p+1. The summed E-state index contributed by atoms with van der Waals surface area (Å²) in [5.74, 6) is -0.0868. The van der Waals surface area contributed by atoms with Crippen LogP contribution in [0.25, 0.3) is 0 Å². The van der Waals surface area contributed by atoms with E-state index in [2.05, 4.69) is 25.9 Å². The van der Waals surface area contributed by atoms with Crippen molar-refractivity contribution in [1.82, 2.24) is 5.32 Å². The second kappa shape index (κ2) is 6.01. The lowest BCUT2D eigenvalue weighted by atomic mass is 10.3. The first kappa shape index (κ1) is 13.2. The first-order valence-corrected chi connectivity index (χ1v) is 5.95. The number of nitrogens with one attached hydrogen (secondary N) is 1. The Hall–Kier alpha value is -0.870. The first-order chi connectivity index (χ1) is 7.59. The number of rotatable bonds is 8. The summed E-state index contributed by atoms with van der Waals surface area (Å²) in [6.07, 6.45) is 2.77. The van der Waals surface area contributed by atoms with Gasteiger partial charge in [0.1, 0.15) is 12.6 Å². The van der Waals surface area contributed by atoms with Crippen LogP contribution in [-0.2, 0) is 9.53 Å². The van der Waals surface area contributed by atoms with E-state index in [9.17, 15) is 4.79 Å². The summed E-state index contributed by atoms with van der Waals surface area (Å²) in [5, 5.41) is 2.80. The lowest BCUT2D eigenvalue weighted by molar-refractivity contribution is -0.908. The zero-order chi connectivity index (χ0) is 12.0. The quantitative estimate of drug-likeness (QED) is 0.285. The third-order valence-corrected chi connectivity index (χ3v) is 3.17. The molecule has 0 bridgehead atoms. The second-order valence-electron chi connectivity index (χ2n) is 4.65. The molecule has 4 heteroatoms. The smallest absolute Gasteiger partial charge is 0.243 e. The molecule has 0 aliphatic carbocycles. The molecule has 1 amide bonds. The number of nitrogens with zero attached hydrogens (tertiary/aromatic N) is 1. The summed E-state index contributed by atoms with van der Waals surface area (Å²) in [4.78, 5) is 10.9. The van der Waals surface area contributed by atoms with E-state index >= 15 is 0 Å². The van der Waals surface area contributed by atoms with Crippen molar-refractivity contribution in [3.05, 3.63) is 12.7 Å². The maximum Gasteiger partial charge on any atom is 0.243 e. The molecular formula is C12H23N2O2+. The van der Waals surface area contributed by atoms with Crippen LogP contribution in [-0.4, -0.2) is 56.3 Å². The van der Waals surface area contributed by atoms with E-state index in [0.29, 0.717) is 6.10 Å². The Morgan fingerprint density at radius 3 is 2.88 bits per heavy atom. The molecule has 1 saturated heterocycles. The van der Waals surface area contributed by atoms with Crippen LogP contribution in [0, 0.1) is 0 Å². The number of carbonyl (C=O) groups is 1. The lowest BCUT2D eigenvalue weighted by Crippen LogP contribution is -2.48. The molecule has 0 saturated carbocycles. The average molecular weight is 227 g/mol. The molecule has 2 atom stereocenters. The van der Waals surface area contributed by atoms with Gasteiger partial charge in [0.25, 0.3) is 0 Å². The molecule has 1 rings (SSSR count). The summed E-state index contributed by atoms with van der Waals surface area (Å²) in [6.45, 7) is 10.5. The minimum absolute atomic E-state index is 0.0868. The van der Waals surface area contributed by atoms with Crippen LogP contribution in [0.5, 0.6) is 0 Å². The zero-order valence-corrected chi connectivity index (χ0v) is 10.4. The first-order valence-electron chi connectivity index (χ1n) is 5.95. The minimum Gasteiger partial charge on any atom is -0.367 e. The summed E-state index contributed by atoms with van der Waals surface area (Å²) in [6, 6.07) is 0. The number of carbonyl (C=O) groups excluding carboxylic acids is 1. The van der Waals surface area contributed by atoms with Gasteiger partial charge in [-0.2, -0.15) is 0 Å². The molecule has 1 aliphatic rings. The van der Waals surface area contributed by atoms with Crippen molar-refractivity contribution in [2.75, 3.05) is 39.8 Å². The van der Waals surface area contributed by atoms with Gasteiger partial charge >= 0.3 is 0 Å². The van der Waals surface area contributed by atoms with Gasteiger partial charge < -0.3 is 14.5 Å². The molecule has 2 unspecified atom stereocenters.